The highest BCUT2D eigenvalue weighted by molar-refractivity contribution is 5.81. The minimum Gasteiger partial charge on any atom is -0.368 e. The molecule has 3 N–H and O–H groups in total. The summed E-state index contributed by atoms with van der Waals surface area (Å²) in [6.07, 6.45) is 1.27. The minimum atomic E-state index is -0.816. The van der Waals surface area contributed by atoms with E-state index in [1.165, 1.54) is 31.9 Å². The highest BCUT2D eigenvalue weighted by atomic mass is 16.2. The molecule has 2 heterocycles. The van der Waals surface area contributed by atoms with Gasteiger partial charge in [-0.2, -0.15) is 0 Å². The van der Waals surface area contributed by atoms with Gasteiger partial charge in [-0.25, -0.2) is 14.3 Å². The molecule has 0 aliphatic rings. The summed E-state index contributed by atoms with van der Waals surface area (Å²) >= 11 is 0. The summed E-state index contributed by atoms with van der Waals surface area (Å²) in [7, 11) is 2.83. The number of primary amides is 1. The average Bonchev–Trinajstić information content (AvgIpc) is 2.93. The lowest BCUT2D eigenvalue weighted by Gasteiger charge is -2.12. The van der Waals surface area contributed by atoms with Gasteiger partial charge in [-0.3, -0.25) is 19.0 Å². The first-order valence-electron chi connectivity index (χ1n) is 6.45. The van der Waals surface area contributed by atoms with Crippen molar-refractivity contribution in [1.29, 1.82) is 0 Å². The highest BCUT2D eigenvalue weighted by Gasteiger charge is 2.21. The van der Waals surface area contributed by atoms with E-state index in [-0.39, 0.29) is 11.2 Å². The van der Waals surface area contributed by atoms with Gasteiger partial charge in [0.15, 0.2) is 11.2 Å². The van der Waals surface area contributed by atoms with Crippen molar-refractivity contribution in [3.8, 4) is 0 Å². The Hall–Kier alpha value is -2.91. The van der Waals surface area contributed by atoms with E-state index in [2.05, 4.69) is 10.3 Å². The van der Waals surface area contributed by atoms with Crippen molar-refractivity contribution in [3.05, 3.63) is 27.2 Å². The molecule has 2 aromatic rings. The number of hydrogen-bond acceptors (Lipinski definition) is 5. The third kappa shape index (κ3) is 2.28. The normalized spacial score (nSPS) is 12.3. The van der Waals surface area contributed by atoms with Crippen molar-refractivity contribution >= 4 is 23.0 Å². The van der Waals surface area contributed by atoms with Crippen LogP contribution in [0.3, 0.4) is 0 Å². The summed E-state index contributed by atoms with van der Waals surface area (Å²) < 4.78 is 3.22. The van der Waals surface area contributed by atoms with Crippen LogP contribution in [-0.2, 0) is 23.2 Å². The summed E-state index contributed by atoms with van der Waals surface area (Å²) in [5, 5.41) is 2.34. The highest BCUT2D eigenvalue weighted by Crippen LogP contribution is 2.12. The molecule has 1 atom stereocenters. The summed E-state index contributed by atoms with van der Waals surface area (Å²) in [6.45, 7) is 1.09. The number of nitrogens with two attached hydrogens (primary N) is 1. The number of aromatic nitrogens is 4. The Morgan fingerprint density at radius 1 is 1.41 bits per heavy atom. The molecule has 10 nitrogen and oxygen atoms in total. The zero-order valence-electron chi connectivity index (χ0n) is 12.4. The molecule has 2 aromatic heterocycles. The fourth-order valence-electron chi connectivity index (χ4n) is 2.08. The number of fused-ring (bicyclic) bond motifs is 1. The van der Waals surface area contributed by atoms with Gasteiger partial charge in [0, 0.05) is 14.1 Å². The van der Waals surface area contributed by atoms with Crippen LogP contribution < -0.4 is 22.3 Å². The zero-order chi connectivity index (χ0) is 16.6. The maximum Gasteiger partial charge on any atom is 0.332 e. The Balaban J connectivity index is 2.82. The van der Waals surface area contributed by atoms with Crippen LogP contribution in [0.2, 0.25) is 0 Å². The molecule has 2 amide bonds. The van der Waals surface area contributed by atoms with Crippen LogP contribution in [-0.4, -0.2) is 37.5 Å². The molecule has 0 aliphatic heterocycles. The zero-order valence-corrected chi connectivity index (χ0v) is 12.4. The fraction of sp³-hybridized carbons (Fsp3) is 0.417. The number of rotatable bonds is 4. The molecule has 0 spiro atoms. The lowest BCUT2D eigenvalue weighted by atomic mass is 10.3. The second kappa shape index (κ2) is 5.47. The van der Waals surface area contributed by atoms with Crippen LogP contribution >= 0.6 is 0 Å². The van der Waals surface area contributed by atoms with Crippen molar-refractivity contribution < 1.29 is 9.59 Å². The second-order valence-electron chi connectivity index (χ2n) is 4.81. The molecule has 0 aromatic carbocycles. The number of amides is 2. The molecule has 0 aliphatic carbocycles. The number of carbonyl (C=O) groups is 2. The molecule has 22 heavy (non-hydrogen) atoms. The van der Waals surface area contributed by atoms with Crippen molar-refractivity contribution in [1.82, 2.24) is 24.0 Å². The molecule has 0 saturated heterocycles. The van der Waals surface area contributed by atoms with E-state index in [9.17, 15) is 19.2 Å². The van der Waals surface area contributed by atoms with E-state index in [0.717, 1.165) is 9.13 Å². The van der Waals surface area contributed by atoms with Crippen molar-refractivity contribution in [2.24, 2.45) is 12.8 Å². The lowest BCUT2D eigenvalue weighted by molar-refractivity contribution is -0.121. The molecule has 0 fully saturated rings. The first-order chi connectivity index (χ1) is 10.3. The van der Waals surface area contributed by atoms with Crippen LogP contribution in [0.1, 0.15) is 13.0 Å². The van der Waals surface area contributed by atoms with Crippen LogP contribution in [0.15, 0.2) is 15.9 Å². The maximum atomic E-state index is 12.5. The van der Waals surface area contributed by atoms with E-state index in [4.69, 9.17) is 5.73 Å². The van der Waals surface area contributed by atoms with E-state index >= 15 is 0 Å². The maximum absolute atomic E-state index is 12.5. The van der Waals surface area contributed by atoms with Gasteiger partial charge in [-0.15, -0.1) is 0 Å². The summed E-state index contributed by atoms with van der Waals surface area (Å²) in [6, 6.07) is -0.816. The third-order valence-corrected chi connectivity index (χ3v) is 3.47. The number of carbonyl (C=O) groups excluding carboxylic acids is 2. The quantitative estimate of drug-likeness (QED) is 0.654. The summed E-state index contributed by atoms with van der Waals surface area (Å²) in [4.78, 5) is 51.5. The van der Waals surface area contributed by atoms with Crippen molar-refractivity contribution in [3.63, 3.8) is 0 Å². The topological polar surface area (TPSA) is 134 Å². The van der Waals surface area contributed by atoms with E-state index in [1.54, 1.807) is 0 Å². The predicted molar refractivity (Wildman–Crippen MR) is 77.2 cm³/mol. The van der Waals surface area contributed by atoms with Gasteiger partial charge < -0.3 is 15.6 Å². The van der Waals surface area contributed by atoms with Gasteiger partial charge in [0.1, 0.15) is 12.6 Å². The molecular weight excluding hydrogens is 292 g/mol. The largest absolute Gasteiger partial charge is 0.368 e. The number of imidazole rings is 1. The monoisotopic (exact) mass is 308 g/mol. The molecule has 118 valence electrons. The SMILES string of the molecule is CNC(=O)Cn1c(=O)c2c(ncn2[C@@H](C)C(N)=O)n(C)c1=O. The molecule has 10 heteroatoms. The number of likely N-dealkylation sites (N-methyl/N-ethyl adjacent to an activating group) is 1. The van der Waals surface area contributed by atoms with Crippen LogP contribution in [0.25, 0.3) is 11.2 Å². The molecular formula is C12H16N6O4. The second-order valence-corrected chi connectivity index (χ2v) is 4.81. The smallest absolute Gasteiger partial charge is 0.332 e. The Morgan fingerprint density at radius 2 is 2.05 bits per heavy atom. The number of nitrogens with zero attached hydrogens (tertiary/aromatic N) is 4. The van der Waals surface area contributed by atoms with Gasteiger partial charge >= 0.3 is 5.69 Å². The molecule has 0 saturated carbocycles. The Morgan fingerprint density at radius 3 is 2.59 bits per heavy atom. The van der Waals surface area contributed by atoms with Gasteiger partial charge in [0.25, 0.3) is 5.56 Å². The van der Waals surface area contributed by atoms with Crippen LogP contribution in [0.4, 0.5) is 0 Å². The van der Waals surface area contributed by atoms with E-state index in [0.29, 0.717) is 0 Å². The minimum absolute atomic E-state index is 0.0392. The first-order valence-corrected chi connectivity index (χ1v) is 6.45. The van der Waals surface area contributed by atoms with Crippen LogP contribution in [0, 0.1) is 0 Å². The Bertz CT molecular complexity index is 874. The number of hydrogen-bond donors (Lipinski definition) is 2. The predicted octanol–water partition coefficient (Wildman–Crippen LogP) is -2.31. The summed E-state index contributed by atoms with van der Waals surface area (Å²) in [5.74, 6) is -1.14. The summed E-state index contributed by atoms with van der Waals surface area (Å²) in [5.41, 5.74) is 4.04. The number of nitrogens with one attached hydrogen (secondary N) is 1. The Labute approximate surface area is 124 Å². The molecule has 2 rings (SSSR count). The van der Waals surface area contributed by atoms with E-state index in [1.807, 2.05) is 0 Å². The molecule has 0 radical (unpaired) electrons. The lowest BCUT2D eigenvalue weighted by Crippen LogP contribution is -2.43. The average molecular weight is 308 g/mol. The van der Waals surface area contributed by atoms with Gasteiger partial charge in [-0.1, -0.05) is 0 Å². The fourth-order valence-corrected chi connectivity index (χ4v) is 2.08. The Kier molecular flexibility index (Phi) is 3.85. The number of aryl methyl sites for hydroxylation is 1. The van der Waals surface area contributed by atoms with E-state index < -0.39 is 35.6 Å². The van der Waals surface area contributed by atoms with Crippen molar-refractivity contribution in [2.75, 3.05) is 7.05 Å². The molecule has 0 bridgehead atoms. The third-order valence-electron chi connectivity index (χ3n) is 3.47. The van der Waals surface area contributed by atoms with Gasteiger partial charge in [-0.05, 0) is 6.92 Å². The standard InChI is InChI=1S/C12H16N6O4/c1-6(9(13)20)18-5-15-10-8(18)11(21)17(4-7(19)14-2)12(22)16(10)3/h5-6H,4H2,1-3H3,(H2,13,20)(H,14,19)/t6-/m0/s1. The van der Waals surface area contributed by atoms with Crippen molar-refractivity contribution in [2.45, 2.75) is 19.5 Å². The van der Waals surface area contributed by atoms with Crippen LogP contribution in [0.5, 0.6) is 0 Å². The van der Waals surface area contributed by atoms with Gasteiger partial charge in [0.05, 0.1) is 6.33 Å². The first kappa shape index (κ1) is 15.5. The molecule has 0 unspecified atom stereocenters. The van der Waals surface area contributed by atoms with Gasteiger partial charge in [0.2, 0.25) is 11.8 Å².